The van der Waals surface area contributed by atoms with Gasteiger partial charge in [-0.05, 0) is 54.6 Å². The van der Waals surface area contributed by atoms with E-state index in [2.05, 4.69) is 4.98 Å². The van der Waals surface area contributed by atoms with Gasteiger partial charge in [0.25, 0.3) is 0 Å². The van der Waals surface area contributed by atoms with E-state index in [0.29, 0.717) is 16.2 Å². The number of carbonyl (C=O) groups is 2. The molecule has 3 aromatic rings. The molecule has 3 rings (SSSR count). The van der Waals surface area contributed by atoms with Crippen molar-refractivity contribution in [2.45, 2.75) is 0 Å². The van der Waals surface area contributed by atoms with Gasteiger partial charge in [-0.15, -0.1) is 0 Å². The quantitative estimate of drug-likeness (QED) is 0.407. The molecule has 1 heterocycles. The van der Waals surface area contributed by atoms with Crippen molar-refractivity contribution in [3.8, 4) is 0 Å². The van der Waals surface area contributed by atoms with Crippen LogP contribution in [0.3, 0.4) is 0 Å². The summed E-state index contributed by atoms with van der Waals surface area (Å²) in [6, 6.07) is 13.2. The smallest absolute Gasteiger partial charge is 0.338 e. The highest BCUT2D eigenvalue weighted by Gasteiger charge is 2.12. The number of ether oxygens (including phenoxy) is 1. The summed E-state index contributed by atoms with van der Waals surface area (Å²) in [6.07, 6.45) is 0. The molecule has 0 fully saturated rings. The van der Waals surface area contributed by atoms with E-state index in [-0.39, 0.29) is 5.56 Å². The van der Waals surface area contributed by atoms with Crippen LogP contribution in [0.15, 0.2) is 54.6 Å². The molecule has 0 aliphatic carbocycles. The zero-order chi connectivity index (χ0) is 17.1. The van der Waals surface area contributed by atoms with Crippen LogP contribution in [0.25, 0.3) is 10.9 Å². The van der Waals surface area contributed by atoms with Gasteiger partial charge in [0, 0.05) is 10.9 Å². The fourth-order valence-corrected chi connectivity index (χ4v) is 2.32. The van der Waals surface area contributed by atoms with E-state index in [1.165, 1.54) is 24.3 Å². The average molecular weight is 344 g/mol. The van der Waals surface area contributed by atoms with Gasteiger partial charge in [-0.1, -0.05) is 11.6 Å². The van der Waals surface area contributed by atoms with Crippen LogP contribution < -0.4 is 0 Å². The molecule has 0 bridgehead atoms. The Kier molecular flexibility index (Phi) is 4.53. The Morgan fingerprint density at radius 2 is 1.71 bits per heavy atom. The number of pyridine rings is 1. The van der Waals surface area contributed by atoms with Gasteiger partial charge in [0.05, 0.1) is 11.1 Å². The molecular formula is C18H11ClFNO3. The van der Waals surface area contributed by atoms with Crippen molar-refractivity contribution in [2.24, 2.45) is 0 Å². The van der Waals surface area contributed by atoms with Crippen molar-refractivity contribution in [1.82, 2.24) is 4.98 Å². The third kappa shape index (κ3) is 3.58. The van der Waals surface area contributed by atoms with Crippen molar-refractivity contribution in [3.05, 3.63) is 76.7 Å². The van der Waals surface area contributed by atoms with Crippen molar-refractivity contribution in [1.29, 1.82) is 0 Å². The fourth-order valence-electron chi connectivity index (χ4n) is 2.16. The summed E-state index contributed by atoms with van der Waals surface area (Å²) in [5.41, 5.74) is 1.24. The lowest BCUT2D eigenvalue weighted by atomic mass is 10.1. The maximum Gasteiger partial charge on any atom is 0.338 e. The lowest BCUT2D eigenvalue weighted by Gasteiger charge is -2.06. The second-order valence-corrected chi connectivity index (χ2v) is 5.43. The lowest BCUT2D eigenvalue weighted by Crippen LogP contribution is -2.14. The lowest BCUT2D eigenvalue weighted by molar-refractivity contribution is 0.0475. The van der Waals surface area contributed by atoms with E-state index >= 15 is 0 Å². The molecule has 0 N–H and O–H groups in total. The summed E-state index contributed by atoms with van der Waals surface area (Å²) in [5.74, 6) is -1.46. The number of esters is 1. The normalized spacial score (nSPS) is 10.6. The number of rotatable bonds is 4. The van der Waals surface area contributed by atoms with Crippen LogP contribution in [0.2, 0.25) is 5.15 Å². The van der Waals surface area contributed by atoms with Gasteiger partial charge < -0.3 is 4.74 Å². The van der Waals surface area contributed by atoms with Crippen molar-refractivity contribution in [2.75, 3.05) is 6.61 Å². The van der Waals surface area contributed by atoms with Gasteiger partial charge in [0.1, 0.15) is 11.0 Å². The van der Waals surface area contributed by atoms with Gasteiger partial charge in [0.15, 0.2) is 12.4 Å². The summed E-state index contributed by atoms with van der Waals surface area (Å²) in [6.45, 7) is -0.415. The van der Waals surface area contributed by atoms with Crippen LogP contribution in [0.5, 0.6) is 0 Å². The van der Waals surface area contributed by atoms with Crippen LogP contribution in [-0.2, 0) is 4.74 Å². The number of nitrogens with zero attached hydrogens (tertiary/aromatic N) is 1. The predicted octanol–water partition coefficient (Wildman–Crippen LogP) is 4.07. The highest BCUT2D eigenvalue weighted by atomic mass is 35.5. The monoisotopic (exact) mass is 343 g/mol. The number of fused-ring (bicyclic) bond motifs is 1. The van der Waals surface area contributed by atoms with Crippen LogP contribution in [0.1, 0.15) is 20.7 Å². The highest BCUT2D eigenvalue weighted by molar-refractivity contribution is 6.29. The van der Waals surface area contributed by atoms with Gasteiger partial charge in [-0.3, -0.25) is 4.79 Å². The minimum atomic E-state index is -0.623. The zero-order valence-corrected chi connectivity index (χ0v) is 13.1. The maximum absolute atomic E-state index is 12.8. The van der Waals surface area contributed by atoms with Gasteiger partial charge in [-0.25, -0.2) is 14.2 Å². The Bertz CT molecular complexity index is 925. The summed E-state index contributed by atoms with van der Waals surface area (Å²) in [5, 5.41) is 1.10. The molecule has 4 nitrogen and oxygen atoms in total. The molecule has 2 aromatic carbocycles. The van der Waals surface area contributed by atoms with Gasteiger partial charge in [0.2, 0.25) is 0 Å². The molecule has 0 saturated heterocycles. The molecule has 120 valence electrons. The number of hydrogen-bond acceptors (Lipinski definition) is 4. The van der Waals surface area contributed by atoms with Crippen molar-refractivity contribution >= 4 is 34.3 Å². The van der Waals surface area contributed by atoms with Crippen LogP contribution >= 0.6 is 11.6 Å². The average Bonchev–Trinajstić information content (AvgIpc) is 2.59. The first-order chi connectivity index (χ1) is 11.5. The molecule has 0 aliphatic rings. The second-order valence-electron chi connectivity index (χ2n) is 5.05. The Morgan fingerprint density at radius 3 is 2.46 bits per heavy atom. The van der Waals surface area contributed by atoms with E-state index in [0.717, 1.165) is 5.39 Å². The number of ketones is 1. The summed E-state index contributed by atoms with van der Waals surface area (Å²) in [7, 11) is 0. The standard InChI is InChI=1S/C18H11ClFNO3/c19-17-8-4-12-9-13(3-7-15(12)21-17)18(23)24-10-16(22)11-1-5-14(20)6-2-11/h1-9H,10H2. The van der Waals surface area contributed by atoms with E-state index in [1.807, 2.05) is 0 Å². The number of aromatic nitrogens is 1. The third-order valence-corrected chi connectivity index (χ3v) is 3.60. The van der Waals surface area contributed by atoms with Gasteiger partial charge >= 0.3 is 5.97 Å². The van der Waals surface area contributed by atoms with Crippen LogP contribution in [0, 0.1) is 5.82 Å². The highest BCUT2D eigenvalue weighted by Crippen LogP contribution is 2.17. The number of hydrogen-bond donors (Lipinski definition) is 0. The van der Waals surface area contributed by atoms with Crippen molar-refractivity contribution < 1.29 is 18.7 Å². The summed E-state index contributed by atoms with van der Waals surface area (Å²) < 4.78 is 17.8. The Hall–Kier alpha value is -2.79. The second kappa shape index (κ2) is 6.76. The molecule has 1 aromatic heterocycles. The number of Topliss-reactive ketones (excluding diaryl/α,β-unsaturated/α-hetero) is 1. The molecule has 6 heteroatoms. The van der Waals surface area contributed by atoms with E-state index in [9.17, 15) is 14.0 Å². The molecule has 0 spiro atoms. The molecule has 0 amide bonds. The third-order valence-electron chi connectivity index (χ3n) is 3.39. The Balaban J connectivity index is 1.69. The maximum atomic E-state index is 12.8. The topological polar surface area (TPSA) is 56.3 Å². The Labute approximate surface area is 141 Å². The minimum absolute atomic E-state index is 0.279. The van der Waals surface area contributed by atoms with Gasteiger partial charge in [-0.2, -0.15) is 0 Å². The van der Waals surface area contributed by atoms with E-state index < -0.39 is 24.2 Å². The molecular weight excluding hydrogens is 333 g/mol. The largest absolute Gasteiger partial charge is 0.454 e. The fraction of sp³-hybridized carbons (Fsp3) is 0.0556. The summed E-state index contributed by atoms with van der Waals surface area (Å²) >= 11 is 5.81. The number of halogens is 2. The minimum Gasteiger partial charge on any atom is -0.454 e. The first-order valence-electron chi connectivity index (χ1n) is 7.05. The van der Waals surface area contributed by atoms with E-state index in [1.54, 1.807) is 30.3 Å². The molecule has 24 heavy (non-hydrogen) atoms. The molecule has 0 unspecified atom stereocenters. The first kappa shape index (κ1) is 16.1. The predicted molar refractivity (Wildman–Crippen MR) is 87.8 cm³/mol. The molecule has 0 radical (unpaired) electrons. The first-order valence-corrected chi connectivity index (χ1v) is 7.43. The Morgan fingerprint density at radius 1 is 1.00 bits per heavy atom. The molecule has 0 saturated carbocycles. The molecule has 0 aliphatic heterocycles. The summed E-state index contributed by atoms with van der Waals surface area (Å²) in [4.78, 5) is 28.1. The van der Waals surface area contributed by atoms with Crippen LogP contribution in [-0.4, -0.2) is 23.3 Å². The van der Waals surface area contributed by atoms with Crippen LogP contribution in [0.4, 0.5) is 4.39 Å². The van der Waals surface area contributed by atoms with E-state index in [4.69, 9.17) is 16.3 Å². The van der Waals surface area contributed by atoms with Crippen molar-refractivity contribution in [3.63, 3.8) is 0 Å². The molecule has 0 atom stereocenters. The SMILES string of the molecule is O=C(COC(=O)c1ccc2nc(Cl)ccc2c1)c1ccc(F)cc1. The number of benzene rings is 2. The zero-order valence-electron chi connectivity index (χ0n) is 12.3. The number of carbonyl (C=O) groups excluding carboxylic acids is 2.